The third-order valence-corrected chi connectivity index (χ3v) is 1.89. The maximum atomic E-state index is 5.78. The van der Waals surface area contributed by atoms with Crippen molar-refractivity contribution in [2.45, 2.75) is 6.92 Å². The quantitative estimate of drug-likeness (QED) is 0.757. The monoisotopic (exact) mass is 197 g/mol. The predicted molar refractivity (Wildman–Crippen MR) is 56.1 cm³/mol. The van der Waals surface area contributed by atoms with E-state index < -0.39 is 0 Å². The van der Waals surface area contributed by atoms with E-state index in [1.54, 1.807) is 6.08 Å². The van der Waals surface area contributed by atoms with Crippen molar-refractivity contribution in [3.8, 4) is 5.75 Å². The molecular formula is C10H12ClNO. The summed E-state index contributed by atoms with van der Waals surface area (Å²) in [5.41, 5.74) is 8.91. The Hall–Kier alpha value is -1.15. The molecule has 0 aliphatic heterocycles. The summed E-state index contributed by atoms with van der Waals surface area (Å²) in [7, 11) is 0. The Morgan fingerprint density at radius 2 is 2.31 bits per heavy atom. The van der Waals surface area contributed by atoms with Gasteiger partial charge in [-0.2, -0.15) is 0 Å². The molecule has 0 spiro atoms. The average molecular weight is 198 g/mol. The van der Waals surface area contributed by atoms with Crippen LogP contribution in [-0.4, -0.2) is 6.61 Å². The fraction of sp³-hybridized carbons (Fsp3) is 0.200. The second-order valence-corrected chi connectivity index (χ2v) is 2.91. The second kappa shape index (κ2) is 4.77. The van der Waals surface area contributed by atoms with E-state index in [2.05, 4.69) is 0 Å². The van der Waals surface area contributed by atoms with Crippen molar-refractivity contribution in [3.63, 3.8) is 0 Å². The molecule has 13 heavy (non-hydrogen) atoms. The van der Waals surface area contributed by atoms with Crippen molar-refractivity contribution in [1.29, 1.82) is 0 Å². The van der Waals surface area contributed by atoms with Crippen molar-refractivity contribution in [3.05, 3.63) is 35.4 Å². The van der Waals surface area contributed by atoms with Gasteiger partial charge in [0.15, 0.2) is 0 Å². The van der Waals surface area contributed by atoms with E-state index in [0.29, 0.717) is 18.0 Å². The third-order valence-electron chi connectivity index (χ3n) is 1.71. The van der Waals surface area contributed by atoms with E-state index in [1.165, 1.54) is 5.54 Å². The molecule has 0 saturated heterocycles. The summed E-state index contributed by atoms with van der Waals surface area (Å²) >= 11 is 5.35. The molecule has 1 aromatic carbocycles. The topological polar surface area (TPSA) is 35.2 Å². The molecular weight excluding hydrogens is 186 g/mol. The lowest BCUT2D eigenvalue weighted by molar-refractivity contribution is 0.365. The number of hydrogen-bond donors (Lipinski definition) is 1. The van der Waals surface area contributed by atoms with E-state index in [-0.39, 0.29) is 0 Å². The van der Waals surface area contributed by atoms with Gasteiger partial charge < -0.3 is 10.5 Å². The van der Waals surface area contributed by atoms with Gasteiger partial charge in [-0.25, -0.2) is 0 Å². The predicted octanol–water partition coefficient (Wildman–Crippen LogP) is 2.71. The fourth-order valence-corrected chi connectivity index (χ4v) is 1.03. The number of aryl methyl sites for hydroxylation is 1. The van der Waals surface area contributed by atoms with Gasteiger partial charge in [0.1, 0.15) is 12.4 Å². The molecule has 0 heterocycles. The molecule has 0 aromatic heterocycles. The summed E-state index contributed by atoms with van der Waals surface area (Å²) in [6.45, 7) is 2.39. The van der Waals surface area contributed by atoms with Gasteiger partial charge in [-0.3, -0.25) is 0 Å². The average Bonchev–Trinajstić information content (AvgIpc) is 2.13. The number of hydrogen-bond acceptors (Lipinski definition) is 2. The summed E-state index contributed by atoms with van der Waals surface area (Å²) in [6, 6.07) is 5.69. The molecule has 1 rings (SSSR count). The van der Waals surface area contributed by atoms with E-state index in [4.69, 9.17) is 22.1 Å². The highest BCUT2D eigenvalue weighted by Gasteiger charge is 2.00. The van der Waals surface area contributed by atoms with Crippen LogP contribution >= 0.6 is 11.6 Å². The lowest BCUT2D eigenvalue weighted by Gasteiger charge is -2.08. The smallest absolute Gasteiger partial charge is 0.142 e. The van der Waals surface area contributed by atoms with Gasteiger partial charge in [-0.1, -0.05) is 23.7 Å². The van der Waals surface area contributed by atoms with Crippen LogP contribution in [0, 0.1) is 6.92 Å². The molecule has 2 nitrogen and oxygen atoms in total. The second-order valence-electron chi connectivity index (χ2n) is 2.66. The highest BCUT2D eigenvalue weighted by molar-refractivity contribution is 6.25. The minimum atomic E-state index is 0.442. The number of nitrogen functional groups attached to an aromatic ring is 1. The van der Waals surface area contributed by atoms with Crippen molar-refractivity contribution in [1.82, 2.24) is 0 Å². The molecule has 0 radical (unpaired) electrons. The molecule has 0 unspecified atom stereocenters. The number of para-hydroxylation sites is 1. The number of nitrogens with two attached hydrogens (primary N) is 1. The summed E-state index contributed by atoms with van der Waals surface area (Å²) in [4.78, 5) is 0. The molecule has 1 aromatic rings. The SMILES string of the molecule is Cc1cccc(OC/C=C/Cl)c1N. The van der Waals surface area contributed by atoms with E-state index >= 15 is 0 Å². The van der Waals surface area contributed by atoms with Crippen LogP contribution in [0.4, 0.5) is 5.69 Å². The van der Waals surface area contributed by atoms with Gasteiger partial charge in [-0.15, -0.1) is 0 Å². The van der Waals surface area contributed by atoms with Crippen LogP contribution in [0.15, 0.2) is 29.8 Å². The number of rotatable bonds is 3. The maximum absolute atomic E-state index is 5.78. The molecule has 0 fully saturated rings. The molecule has 0 atom stereocenters. The largest absolute Gasteiger partial charge is 0.487 e. The molecule has 70 valence electrons. The van der Waals surface area contributed by atoms with Crippen LogP contribution in [0.25, 0.3) is 0 Å². The molecule has 0 aliphatic rings. The summed E-state index contributed by atoms with van der Waals surface area (Å²) in [5, 5.41) is 0. The first-order valence-corrected chi connectivity index (χ1v) is 4.42. The van der Waals surface area contributed by atoms with Gasteiger partial charge in [0.25, 0.3) is 0 Å². The van der Waals surface area contributed by atoms with Gasteiger partial charge in [0.2, 0.25) is 0 Å². The van der Waals surface area contributed by atoms with Crippen molar-refractivity contribution in [2.75, 3.05) is 12.3 Å². The molecule has 0 bridgehead atoms. The Kier molecular flexibility index (Phi) is 3.65. The molecule has 2 N–H and O–H groups in total. The highest BCUT2D eigenvalue weighted by atomic mass is 35.5. The van der Waals surface area contributed by atoms with Gasteiger partial charge in [0, 0.05) is 5.54 Å². The minimum Gasteiger partial charge on any atom is -0.487 e. The summed E-state index contributed by atoms with van der Waals surface area (Å²) in [5.74, 6) is 0.703. The van der Waals surface area contributed by atoms with Crippen LogP contribution in [0.5, 0.6) is 5.75 Å². The van der Waals surface area contributed by atoms with Crippen LogP contribution in [0.2, 0.25) is 0 Å². The van der Waals surface area contributed by atoms with E-state index in [0.717, 1.165) is 5.56 Å². The summed E-state index contributed by atoms with van der Waals surface area (Å²) in [6.07, 6.45) is 1.71. The van der Waals surface area contributed by atoms with Crippen LogP contribution in [0.1, 0.15) is 5.56 Å². The Balaban J connectivity index is 2.71. The highest BCUT2D eigenvalue weighted by Crippen LogP contribution is 2.24. The molecule has 3 heteroatoms. The molecule has 0 saturated carbocycles. The van der Waals surface area contributed by atoms with Crippen LogP contribution in [-0.2, 0) is 0 Å². The lowest BCUT2D eigenvalue weighted by Crippen LogP contribution is -1.98. The molecule has 0 aliphatic carbocycles. The van der Waals surface area contributed by atoms with Crippen LogP contribution < -0.4 is 10.5 Å². The van der Waals surface area contributed by atoms with Crippen molar-refractivity contribution >= 4 is 17.3 Å². The van der Waals surface area contributed by atoms with E-state index in [9.17, 15) is 0 Å². The number of anilines is 1. The Bertz CT molecular complexity index is 310. The first kappa shape index (κ1) is 9.93. The lowest BCUT2D eigenvalue weighted by atomic mass is 10.2. The number of benzene rings is 1. The Labute approximate surface area is 83.0 Å². The Morgan fingerprint density at radius 1 is 1.54 bits per heavy atom. The first-order valence-electron chi connectivity index (χ1n) is 3.99. The minimum absolute atomic E-state index is 0.442. The maximum Gasteiger partial charge on any atom is 0.142 e. The van der Waals surface area contributed by atoms with Gasteiger partial charge in [-0.05, 0) is 24.6 Å². The zero-order valence-corrected chi connectivity index (χ0v) is 8.21. The number of ether oxygens (including phenoxy) is 1. The third kappa shape index (κ3) is 2.67. The fourth-order valence-electron chi connectivity index (χ4n) is 0.954. The van der Waals surface area contributed by atoms with Crippen molar-refractivity contribution < 1.29 is 4.74 Å². The van der Waals surface area contributed by atoms with Crippen molar-refractivity contribution in [2.24, 2.45) is 0 Å². The summed E-state index contributed by atoms with van der Waals surface area (Å²) < 4.78 is 5.36. The standard InChI is InChI=1S/C10H12ClNO/c1-8-4-2-5-9(10(8)12)13-7-3-6-11/h2-6H,7,12H2,1H3/b6-3+. The zero-order valence-electron chi connectivity index (χ0n) is 7.46. The van der Waals surface area contributed by atoms with Gasteiger partial charge in [0.05, 0.1) is 5.69 Å². The molecule has 0 amide bonds. The normalized spacial score (nSPS) is 10.6. The van der Waals surface area contributed by atoms with Gasteiger partial charge >= 0.3 is 0 Å². The number of halogens is 1. The van der Waals surface area contributed by atoms with Crippen LogP contribution in [0.3, 0.4) is 0 Å². The zero-order chi connectivity index (χ0) is 9.68. The van der Waals surface area contributed by atoms with E-state index in [1.807, 2.05) is 25.1 Å². The first-order chi connectivity index (χ1) is 6.25. The Morgan fingerprint density at radius 3 is 3.00 bits per heavy atom.